The zero-order chi connectivity index (χ0) is 30.6. The van der Waals surface area contributed by atoms with Crippen LogP contribution in [0.25, 0.3) is 6.08 Å². The minimum atomic E-state index is -1.43. The van der Waals surface area contributed by atoms with Crippen molar-refractivity contribution in [2.45, 2.75) is 17.5 Å². The Hall–Kier alpha value is -5.37. The number of Topliss-reactive ketones (excluding diaryl/α,β-unsaturated/α-hetero) is 2. The fourth-order valence-electron chi connectivity index (χ4n) is 7.29. The number of fused-ring (bicyclic) bond motifs is 6. The third-order valence-corrected chi connectivity index (χ3v) is 9.15. The summed E-state index contributed by atoms with van der Waals surface area (Å²) < 4.78 is 16.5. The van der Waals surface area contributed by atoms with Gasteiger partial charge < -0.3 is 24.4 Å². The second kappa shape index (κ2) is 10.4. The molecule has 4 atom stereocenters. The Labute approximate surface area is 254 Å². The fourth-order valence-corrected chi connectivity index (χ4v) is 7.29. The van der Waals surface area contributed by atoms with E-state index in [9.17, 15) is 14.4 Å². The first-order chi connectivity index (χ1) is 21.4. The number of ether oxygens (including phenoxy) is 3. The number of amides is 1. The standard InChI is InChI=1S/C36H30N2O6/c1-42-23-11-8-10-22(19-23)32(39)30-31(33(40)26-16-15-24(43-2)20-29(26)44-3)38-18-17-21-9-4-5-12-25(21)34(38)36(30)27-13-6-7-14-28(27)37-35(36)41/h4-20,30-31,34H,1-3H3,(H,37,41)/t30-,31+,34-,36-/m0/s1. The summed E-state index contributed by atoms with van der Waals surface area (Å²) in [6, 6.07) is 25.4. The smallest absolute Gasteiger partial charge is 0.238 e. The number of carbonyl (C=O) groups excluding carboxylic acids is 3. The minimum Gasteiger partial charge on any atom is -0.497 e. The van der Waals surface area contributed by atoms with Crippen molar-refractivity contribution in [3.05, 3.63) is 125 Å². The van der Waals surface area contributed by atoms with E-state index in [-0.39, 0.29) is 23.0 Å². The number of carbonyl (C=O) groups is 3. The van der Waals surface area contributed by atoms with Gasteiger partial charge in [-0.2, -0.15) is 0 Å². The summed E-state index contributed by atoms with van der Waals surface area (Å²) in [4.78, 5) is 46.4. The van der Waals surface area contributed by atoms with E-state index in [0.717, 1.165) is 11.1 Å². The van der Waals surface area contributed by atoms with E-state index < -0.39 is 23.4 Å². The van der Waals surface area contributed by atoms with Gasteiger partial charge in [-0.25, -0.2) is 0 Å². The van der Waals surface area contributed by atoms with Crippen molar-refractivity contribution in [3.8, 4) is 17.2 Å². The topological polar surface area (TPSA) is 94.2 Å². The highest BCUT2D eigenvalue weighted by Crippen LogP contribution is 2.62. The summed E-state index contributed by atoms with van der Waals surface area (Å²) in [5, 5.41) is 3.07. The van der Waals surface area contributed by atoms with E-state index in [4.69, 9.17) is 14.2 Å². The molecule has 1 fully saturated rings. The first-order valence-electron chi connectivity index (χ1n) is 14.3. The largest absolute Gasteiger partial charge is 0.497 e. The van der Waals surface area contributed by atoms with Crippen molar-refractivity contribution in [2.75, 3.05) is 26.6 Å². The number of hydrogen-bond donors (Lipinski definition) is 1. The predicted octanol–water partition coefficient (Wildman–Crippen LogP) is 5.69. The molecule has 1 spiro atoms. The van der Waals surface area contributed by atoms with Gasteiger partial charge in [0.15, 0.2) is 11.6 Å². The molecule has 4 aromatic rings. The van der Waals surface area contributed by atoms with E-state index in [0.29, 0.717) is 34.1 Å². The third kappa shape index (κ3) is 3.80. The van der Waals surface area contributed by atoms with Gasteiger partial charge in [-0.1, -0.05) is 54.6 Å². The number of methoxy groups -OCH3 is 3. The van der Waals surface area contributed by atoms with Crippen LogP contribution in [0, 0.1) is 5.92 Å². The Bertz CT molecular complexity index is 1870. The molecule has 1 amide bonds. The molecule has 0 aliphatic carbocycles. The highest BCUT2D eigenvalue weighted by molar-refractivity contribution is 6.17. The average molecular weight is 587 g/mol. The van der Waals surface area contributed by atoms with Crippen LogP contribution in [0.2, 0.25) is 0 Å². The van der Waals surface area contributed by atoms with Crippen molar-refractivity contribution in [1.29, 1.82) is 0 Å². The summed E-state index contributed by atoms with van der Waals surface area (Å²) in [5.41, 5.74) is 2.30. The fraction of sp³-hybridized carbons (Fsp3) is 0.194. The third-order valence-electron chi connectivity index (χ3n) is 9.15. The van der Waals surface area contributed by atoms with Crippen molar-refractivity contribution in [3.63, 3.8) is 0 Å². The normalized spacial score (nSPS) is 22.6. The molecule has 3 aliphatic heterocycles. The van der Waals surface area contributed by atoms with Crippen molar-refractivity contribution in [2.24, 2.45) is 5.92 Å². The number of nitrogens with zero attached hydrogens (tertiary/aromatic N) is 1. The van der Waals surface area contributed by atoms with Crippen LogP contribution in [-0.4, -0.2) is 49.7 Å². The Morgan fingerprint density at radius 3 is 2.34 bits per heavy atom. The van der Waals surface area contributed by atoms with Gasteiger partial charge in [0, 0.05) is 23.5 Å². The Morgan fingerprint density at radius 2 is 1.55 bits per heavy atom. The first-order valence-corrected chi connectivity index (χ1v) is 14.3. The molecule has 220 valence electrons. The van der Waals surface area contributed by atoms with Crippen LogP contribution in [0.5, 0.6) is 17.2 Å². The van der Waals surface area contributed by atoms with Gasteiger partial charge in [-0.05, 0) is 53.1 Å². The zero-order valence-corrected chi connectivity index (χ0v) is 24.4. The van der Waals surface area contributed by atoms with Crippen LogP contribution in [0.1, 0.15) is 43.4 Å². The lowest BCUT2D eigenvalue weighted by Gasteiger charge is -2.38. The predicted molar refractivity (Wildman–Crippen MR) is 165 cm³/mol. The molecular weight excluding hydrogens is 556 g/mol. The molecule has 44 heavy (non-hydrogen) atoms. The van der Waals surface area contributed by atoms with Gasteiger partial charge in [0.05, 0.1) is 38.9 Å². The summed E-state index contributed by atoms with van der Waals surface area (Å²) in [5.74, 6) is -0.760. The van der Waals surface area contributed by atoms with Gasteiger partial charge in [0.1, 0.15) is 28.7 Å². The van der Waals surface area contributed by atoms with Gasteiger partial charge in [-0.3, -0.25) is 14.4 Å². The summed E-state index contributed by atoms with van der Waals surface area (Å²) in [6.07, 6.45) is 3.78. The molecule has 1 N–H and O–H groups in total. The van der Waals surface area contributed by atoms with E-state index in [2.05, 4.69) is 5.32 Å². The molecule has 7 rings (SSSR count). The van der Waals surface area contributed by atoms with E-state index in [1.807, 2.05) is 65.7 Å². The van der Waals surface area contributed by atoms with Crippen LogP contribution in [0.4, 0.5) is 5.69 Å². The molecule has 3 aliphatic rings. The van der Waals surface area contributed by atoms with Crippen molar-refractivity contribution in [1.82, 2.24) is 4.90 Å². The number of nitrogens with one attached hydrogen (secondary N) is 1. The summed E-state index contributed by atoms with van der Waals surface area (Å²) in [7, 11) is 4.56. The van der Waals surface area contributed by atoms with E-state index in [1.54, 1.807) is 42.5 Å². The monoisotopic (exact) mass is 586 g/mol. The minimum absolute atomic E-state index is 0.288. The van der Waals surface area contributed by atoms with Gasteiger partial charge >= 0.3 is 0 Å². The van der Waals surface area contributed by atoms with E-state index in [1.165, 1.54) is 21.3 Å². The lowest BCUT2D eigenvalue weighted by molar-refractivity contribution is -0.122. The van der Waals surface area contributed by atoms with Crippen LogP contribution in [0.3, 0.4) is 0 Å². The molecule has 0 unspecified atom stereocenters. The first kappa shape index (κ1) is 27.5. The Morgan fingerprint density at radius 1 is 0.795 bits per heavy atom. The molecule has 1 saturated heterocycles. The van der Waals surface area contributed by atoms with Gasteiger partial charge in [0.25, 0.3) is 0 Å². The number of hydrogen-bond acceptors (Lipinski definition) is 7. The maximum absolute atomic E-state index is 15.0. The summed E-state index contributed by atoms with van der Waals surface area (Å²) in [6.45, 7) is 0. The zero-order valence-electron chi connectivity index (χ0n) is 24.4. The second-order valence-corrected chi connectivity index (χ2v) is 11.1. The highest BCUT2D eigenvalue weighted by atomic mass is 16.5. The quantitative estimate of drug-likeness (QED) is 0.278. The number of rotatable bonds is 7. The molecule has 4 aromatic carbocycles. The Kier molecular flexibility index (Phi) is 6.50. The molecule has 0 saturated carbocycles. The lowest BCUT2D eigenvalue weighted by Crippen LogP contribution is -2.49. The number of para-hydroxylation sites is 1. The molecule has 3 heterocycles. The van der Waals surface area contributed by atoms with Crippen LogP contribution < -0.4 is 19.5 Å². The molecule has 0 radical (unpaired) electrons. The van der Waals surface area contributed by atoms with Crippen molar-refractivity contribution >= 4 is 29.2 Å². The number of ketones is 2. The van der Waals surface area contributed by atoms with Gasteiger partial charge in [-0.15, -0.1) is 0 Å². The molecule has 8 heteroatoms. The SMILES string of the molecule is COc1cccc(C(=O)[C@@H]2[C@H](C(=O)c3ccc(OC)cc3OC)N3C=Cc4ccccc4[C@H]3[C@@]23C(=O)Nc2ccccc23)c1. The van der Waals surface area contributed by atoms with Crippen LogP contribution >= 0.6 is 0 Å². The maximum Gasteiger partial charge on any atom is 0.238 e. The number of benzene rings is 4. The molecular formula is C36H30N2O6. The van der Waals surface area contributed by atoms with Crippen LogP contribution in [-0.2, 0) is 10.2 Å². The van der Waals surface area contributed by atoms with Gasteiger partial charge in [0.2, 0.25) is 5.91 Å². The molecule has 0 bridgehead atoms. The second-order valence-electron chi connectivity index (χ2n) is 11.1. The maximum atomic E-state index is 15.0. The molecule has 8 nitrogen and oxygen atoms in total. The summed E-state index contributed by atoms with van der Waals surface area (Å²) >= 11 is 0. The Balaban J connectivity index is 1.53. The van der Waals surface area contributed by atoms with Crippen LogP contribution in [0.15, 0.2) is 97.2 Å². The highest BCUT2D eigenvalue weighted by Gasteiger charge is 2.70. The molecule has 0 aromatic heterocycles. The average Bonchev–Trinajstić information content (AvgIpc) is 3.55. The lowest BCUT2D eigenvalue weighted by atomic mass is 9.62. The van der Waals surface area contributed by atoms with E-state index >= 15 is 0 Å². The van der Waals surface area contributed by atoms with Crippen molar-refractivity contribution < 1.29 is 28.6 Å². The number of anilines is 1.